The van der Waals surface area contributed by atoms with Gasteiger partial charge in [-0.15, -0.1) is 0 Å². The standard InChI is InChI=1S/C15H17NO/c17-16-15(11-13-7-3-1-4-8-13)12-14-9-5-2-6-10-14/h1-10,15-17H,11-12H2. The van der Waals surface area contributed by atoms with Crippen LogP contribution in [0.3, 0.4) is 0 Å². The van der Waals surface area contributed by atoms with Crippen LogP contribution in [0.5, 0.6) is 0 Å². The fourth-order valence-electron chi connectivity index (χ4n) is 1.96. The van der Waals surface area contributed by atoms with E-state index >= 15 is 0 Å². The van der Waals surface area contributed by atoms with Gasteiger partial charge >= 0.3 is 0 Å². The van der Waals surface area contributed by atoms with Crippen LogP contribution in [0.15, 0.2) is 60.7 Å². The van der Waals surface area contributed by atoms with Gasteiger partial charge in [-0.2, -0.15) is 0 Å². The Balaban J connectivity index is 1.98. The van der Waals surface area contributed by atoms with Crippen LogP contribution in [0.1, 0.15) is 11.1 Å². The van der Waals surface area contributed by atoms with E-state index in [1.807, 2.05) is 36.4 Å². The van der Waals surface area contributed by atoms with E-state index in [0.29, 0.717) is 0 Å². The minimum absolute atomic E-state index is 0.0554. The molecule has 0 aliphatic rings. The van der Waals surface area contributed by atoms with Gasteiger partial charge in [-0.25, -0.2) is 5.48 Å². The van der Waals surface area contributed by atoms with Crippen molar-refractivity contribution in [3.8, 4) is 0 Å². The monoisotopic (exact) mass is 227 g/mol. The number of rotatable bonds is 5. The fraction of sp³-hybridized carbons (Fsp3) is 0.200. The summed E-state index contributed by atoms with van der Waals surface area (Å²) in [5.74, 6) is 0. The molecule has 0 atom stereocenters. The van der Waals surface area contributed by atoms with Crippen molar-refractivity contribution in [3.63, 3.8) is 0 Å². The van der Waals surface area contributed by atoms with Crippen molar-refractivity contribution in [2.24, 2.45) is 0 Å². The topological polar surface area (TPSA) is 32.3 Å². The van der Waals surface area contributed by atoms with Gasteiger partial charge in [-0.1, -0.05) is 60.7 Å². The number of hydrogen-bond donors (Lipinski definition) is 2. The van der Waals surface area contributed by atoms with E-state index in [-0.39, 0.29) is 6.04 Å². The van der Waals surface area contributed by atoms with Gasteiger partial charge in [0.05, 0.1) is 0 Å². The van der Waals surface area contributed by atoms with Gasteiger partial charge in [0.15, 0.2) is 0 Å². The zero-order valence-corrected chi connectivity index (χ0v) is 9.71. The fourth-order valence-corrected chi connectivity index (χ4v) is 1.96. The molecular formula is C15H17NO. The van der Waals surface area contributed by atoms with Crippen LogP contribution in [-0.4, -0.2) is 11.2 Å². The summed E-state index contributed by atoms with van der Waals surface area (Å²) in [5.41, 5.74) is 4.86. The van der Waals surface area contributed by atoms with Crippen molar-refractivity contribution >= 4 is 0 Å². The Morgan fingerprint density at radius 2 is 1.18 bits per heavy atom. The average Bonchev–Trinajstić information content (AvgIpc) is 2.40. The van der Waals surface area contributed by atoms with Gasteiger partial charge in [-0.05, 0) is 24.0 Å². The molecule has 0 fully saturated rings. The smallest absolute Gasteiger partial charge is 0.0400 e. The van der Waals surface area contributed by atoms with Crippen LogP contribution in [0, 0.1) is 0 Å². The molecule has 0 aliphatic heterocycles. The molecule has 0 saturated carbocycles. The highest BCUT2D eigenvalue weighted by Crippen LogP contribution is 2.08. The van der Waals surface area contributed by atoms with E-state index in [9.17, 15) is 5.21 Å². The molecule has 0 aromatic heterocycles. The van der Waals surface area contributed by atoms with Gasteiger partial charge in [-0.3, -0.25) is 0 Å². The van der Waals surface area contributed by atoms with Crippen LogP contribution in [0.25, 0.3) is 0 Å². The first-order valence-corrected chi connectivity index (χ1v) is 5.86. The molecule has 2 aromatic rings. The van der Waals surface area contributed by atoms with E-state index < -0.39 is 0 Å². The summed E-state index contributed by atoms with van der Waals surface area (Å²) in [7, 11) is 0. The van der Waals surface area contributed by atoms with Crippen LogP contribution in [0.4, 0.5) is 0 Å². The third-order valence-corrected chi connectivity index (χ3v) is 2.83. The highest BCUT2D eigenvalue weighted by Gasteiger charge is 2.08. The summed E-state index contributed by atoms with van der Waals surface area (Å²) in [6, 6.07) is 20.5. The molecule has 0 unspecified atom stereocenters. The summed E-state index contributed by atoms with van der Waals surface area (Å²) < 4.78 is 0. The van der Waals surface area contributed by atoms with Crippen LogP contribution >= 0.6 is 0 Å². The second-order valence-corrected chi connectivity index (χ2v) is 4.21. The van der Waals surface area contributed by atoms with E-state index in [4.69, 9.17) is 0 Å². The lowest BCUT2D eigenvalue weighted by molar-refractivity contribution is 0.125. The maximum Gasteiger partial charge on any atom is 0.0400 e. The van der Waals surface area contributed by atoms with Crippen LogP contribution in [-0.2, 0) is 12.8 Å². The maximum absolute atomic E-state index is 9.20. The first-order valence-electron chi connectivity index (χ1n) is 5.86. The summed E-state index contributed by atoms with van der Waals surface area (Å²) >= 11 is 0. The summed E-state index contributed by atoms with van der Waals surface area (Å²) in [5, 5.41) is 9.20. The van der Waals surface area contributed by atoms with Crippen LogP contribution < -0.4 is 5.48 Å². The second kappa shape index (κ2) is 6.18. The molecular weight excluding hydrogens is 210 g/mol. The van der Waals surface area contributed by atoms with E-state index in [1.165, 1.54) is 11.1 Å². The van der Waals surface area contributed by atoms with Gasteiger partial charge in [0.25, 0.3) is 0 Å². The maximum atomic E-state index is 9.20. The predicted octanol–water partition coefficient (Wildman–Crippen LogP) is 2.82. The number of hydrogen-bond acceptors (Lipinski definition) is 2. The molecule has 0 aliphatic carbocycles. The Morgan fingerprint density at radius 3 is 1.53 bits per heavy atom. The largest absolute Gasteiger partial charge is 0.317 e. The molecule has 2 nitrogen and oxygen atoms in total. The van der Waals surface area contributed by atoms with Crippen molar-refractivity contribution in [1.82, 2.24) is 5.48 Å². The molecule has 0 amide bonds. The Hall–Kier alpha value is -1.64. The van der Waals surface area contributed by atoms with E-state index in [0.717, 1.165) is 12.8 Å². The van der Waals surface area contributed by atoms with Gasteiger partial charge in [0.1, 0.15) is 0 Å². The molecule has 2 N–H and O–H groups in total. The van der Waals surface area contributed by atoms with Gasteiger partial charge < -0.3 is 5.21 Å². The third-order valence-electron chi connectivity index (χ3n) is 2.83. The quantitative estimate of drug-likeness (QED) is 0.770. The predicted molar refractivity (Wildman–Crippen MR) is 69.0 cm³/mol. The lowest BCUT2D eigenvalue weighted by atomic mass is 10.00. The zero-order valence-electron chi connectivity index (χ0n) is 9.71. The lowest BCUT2D eigenvalue weighted by Crippen LogP contribution is -2.30. The molecule has 2 rings (SSSR count). The summed E-state index contributed by atoms with van der Waals surface area (Å²) in [6.07, 6.45) is 1.65. The van der Waals surface area contributed by atoms with Crippen molar-refractivity contribution in [2.45, 2.75) is 18.9 Å². The van der Waals surface area contributed by atoms with Crippen molar-refractivity contribution in [2.75, 3.05) is 0 Å². The van der Waals surface area contributed by atoms with E-state index in [2.05, 4.69) is 29.7 Å². The molecule has 0 saturated heterocycles. The highest BCUT2D eigenvalue weighted by atomic mass is 16.5. The normalized spacial score (nSPS) is 10.7. The molecule has 17 heavy (non-hydrogen) atoms. The Morgan fingerprint density at radius 1 is 0.765 bits per heavy atom. The minimum atomic E-state index is 0.0554. The highest BCUT2D eigenvalue weighted by molar-refractivity contribution is 5.19. The zero-order chi connectivity index (χ0) is 11.9. The van der Waals surface area contributed by atoms with Crippen molar-refractivity contribution < 1.29 is 5.21 Å². The molecule has 88 valence electrons. The average molecular weight is 227 g/mol. The lowest BCUT2D eigenvalue weighted by Gasteiger charge is -2.15. The number of benzene rings is 2. The molecule has 2 aromatic carbocycles. The Bertz CT molecular complexity index is 386. The Kier molecular flexibility index (Phi) is 4.30. The second-order valence-electron chi connectivity index (χ2n) is 4.21. The molecule has 0 spiro atoms. The number of nitrogens with one attached hydrogen (secondary N) is 1. The van der Waals surface area contributed by atoms with Crippen LogP contribution in [0.2, 0.25) is 0 Å². The first kappa shape index (κ1) is 11.8. The molecule has 2 heteroatoms. The SMILES string of the molecule is ONC(Cc1ccccc1)Cc1ccccc1. The minimum Gasteiger partial charge on any atom is -0.317 e. The summed E-state index contributed by atoms with van der Waals surface area (Å²) in [4.78, 5) is 0. The Labute approximate surface area is 102 Å². The molecule has 0 radical (unpaired) electrons. The van der Waals surface area contributed by atoms with Crippen molar-refractivity contribution in [3.05, 3.63) is 71.8 Å². The van der Waals surface area contributed by atoms with Crippen molar-refractivity contribution in [1.29, 1.82) is 0 Å². The summed E-state index contributed by atoms with van der Waals surface area (Å²) in [6.45, 7) is 0. The number of hydroxylamine groups is 1. The van der Waals surface area contributed by atoms with Gasteiger partial charge in [0, 0.05) is 6.04 Å². The third kappa shape index (κ3) is 3.70. The first-order chi connectivity index (χ1) is 8.38. The van der Waals surface area contributed by atoms with Gasteiger partial charge in [0.2, 0.25) is 0 Å². The molecule has 0 heterocycles. The van der Waals surface area contributed by atoms with E-state index in [1.54, 1.807) is 0 Å². The molecule has 0 bridgehead atoms.